The number of carbonyl (C=O) groups is 1. The Morgan fingerprint density at radius 1 is 1.00 bits per heavy atom. The van der Waals surface area contributed by atoms with E-state index in [1.165, 1.54) is 7.11 Å². The van der Waals surface area contributed by atoms with Crippen molar-refractivity contribution < 1.29 is 19.7 Å². The average molecular weight is 240 g/mol. The number of rotatable bonds is 1. The van der Waals surface area contributed by atoms with Crippen molar-refractivity contribution in [3.8, 4) is 0 Å². The van der Waals surface area contributed by atoms with E-state index in [4.69, 9.17) is 4.74 Å². The van der Waals surface area contributed by atoms with Crippen LogP contribution >= 0.6 is 0 Å². The number of carbonyl (C=O) groups excluding carboxylic acids is 1. The van der Waals surface area contributed by atoms with Crippen molar-refractivity contribution in [2.45, 2.75) is 56.7 Å². The number of ether oxygens (including phenoxy) is 1. The highest BCUT2D eigenvalue weighted by Gasteiger charge is 2.69. The molecule has 17 heavy (non-hydrogen) atoms. The van der Waals surface area contributed by atoms with E-state index in [-0.39, 0.29) is 11.4 Å². The molecule has 4 aliphatic carbocycles. The molecule has 4 fully saturated rings. The molecule has 0 heterocycles. The number of hydrogen-bond acceptors (Lipinski definition) is 4. The number of hydrogen-bond donors (Lipinski definition) is 2. The molecule has 4 heteroatoms. The lowest BCUT2D eigenvalue weighted by atomic mass is 9.42. The highest BCUT2D eigenvalue weighted by molar-refractivity contribution is 5.78. The van der Waals surface area contributed by atoms with Gasteiger partial charge in [-0.3, -0.25) is 4.79 Å². The first-order valence-electron chi connectivity index (χ1n) is 6.26. The fourth-order valence-corrected chi connectivity index (χ4v) is 5.46. The fraction of sp³-hybridized carbons (Fsp3) is 0.923. The Morgan fingerprint density at radius 2 is 1.53 bits per heavy atom. The van der Waals surface area contributed by atoms with E-state index in [0.717, 1.165) is 6.42 Å². The van der Waals surface area contributed by atoms with Crippen molar-refractivity contribution in [3.63, 3.8) is 0 Å². The molecule has 0 spiro atoms. The highest BCUT2D eigenvalue weighted by atomic mass is 16.5. The first-order valence-corrected chi connectivity index (χ1v) is 6.26. The van der Waals surface area contributed by atoms with Crippen LogP contribution in [0.1, 0.15) is 45.4 Å². The van der Waals surface area contributed by atoms with Crippen LogP contribution in [0.15, 0.2) is 0 Å². The smallest absolute Gasteiger partial charge is 0.312 e. The molecule has 0 aromatic rings. The molecule has 4 aliphatic rings. The molecular weight excluding hydrogens is 220 g/mol. The maximum atomic E-state index is 12.0. The largest absolute Gasteiger partial charge is 0.469 e. The molecule has 2 unspecified atom stereocenters. The van der Waals surface area contributed by atoms with Crippen LogP contribution < -0.4 is 0 Å². The van der Waals surface area contributed by atoms with E-state index in [1.807, 2.05) is 0 Å². The molecule has 4 nitrogen and oxygen atoms in total. The molecule has 0 aromatic heterocycles. The van der Waals surface area contributed by atoms with Crippen molar-refractivity contribution in [3.05, 3.63) is 0 Å². The Kier molecular flexibility index (Phi) is 1.93. The van der Waals surface area contributed by atoms with Gasteiger partial charge in [0, 0.05) is 6.42 Å². The number of methoxy groups -OCH3 is 1. The lowest BCUT2D eigenvalue weighted by Crippen LogP contribution is -2.68. The molecule has 2 N–H and O–H groups in total. The summed E-state index contributed by atoms with van der Waals surface area (Å²) >= 11 is 0. The Hall–Kier alpha value is -0.610. The maximum absolute atomic E-state index is 12.0. The summed E-state index contributed by atoms with van der Waals surface area (Å²) in [7, 11) is 1.39. The number of aliphatic hydroxyl groups is 2. The molecule has 0 aliphatic heterocycles. The first-order chi connectivity index (χ1) is 7.72. The van der Waals surface area contributed by atoms with Gasteiger partial charge in [0.1, 0.15) is 0 Å². The minimum Gasteiger partial charge on any atom is -0.469 e. The molecule has 4 saturated carbocycles. The Bertz CT molecular complexity index is 335. The minimum atomic E-state index is -0.883. The molecule has 4 bridgehead atoms. The van der Waals surface area contributed by atoms with Crippen molar-refractivity contribution in [1.29, 1.82) is 0 Å². The van der Waals surface area contributed by atoms with Gasteiger partial charge in [-0.15, -0.1) is 0 Å². The van der Waals surface area contributed by atoms with Gasteiger partial charge in [0.25, 0.3) is 0 Å². The predicted octanol–water partition coefficient (Wildman–Crippen LogP) is 0.996. The summed E-state index contributed by atoms with van der Waals surface area (Å²) < 4.78 is 4.91. The van der Waals surface area contributed by atoms with Gasteiger partial charge in [-0.2, -0.15) is 0 Å². The monoisotopic (exact) mass is 240 g/mol. The fourth-order valence-electron chi connectivity index (χ4n) is 5.46. The van der Waals surface area contributed by atoms with Gasteiger partial charge in [-0.25, -0.2) is 0 Å². The second kappa shape index (κ2) is 2.86. The topological polar surface area (TPSA) is 66.8 Å². The number of esters is 1. The lowest BCUT2D eigenvalue weighted by Gasteiger charge is -2.65. The SMILES string of the molecule is COC(=O)C12CC3(C)CC(O)(CC(O)(C3)C1)C2. The van der Waals surface area contributed by atoms with Gasteiger partial charge in [-0.05, 0) is 37.5 Å². The average Bonchev–Trinajstić information content (AvgIpc) is 2.08. The highest BCUT2D eigenvalue weighted by Crippen LogP contribution is 2.67. The first kappa shape index (κ1) is 11.5. The van der Waals surface area contributed by atoms with Gasteiger partial charge in [-0.1, -0.05) is 6.92 Å². The lowest BCUT2D eigenvalue weighted by molar-refractivity contribution is -0.257. The van der Waals surface area contributed by atoms with Crippen LogP contribution in [0, 0.1) is 10.8 Å². The van der Waals surface area contributed by atoms with Crippen LogP contribution in [0.5, 0.6) is 0 Å². The molecule has 0 radical (unpaired) electrons. The third-order valence-corrected chi connectivity index (χ3v) is 4.89. The summed E-state index contributed by atoms with van der Waals surface area (Å²) in [4.78, 5) is 12.0. The summed E-state index contributed by atoms with van der Waals surface area (Å²) in [6.45, 7) is 2.07. The molecular formula is C13H20O4. The van der Waals surface area contributed by atoms with Gasteiger partial charge in [0.2, 0.25) is 0 Å². The zero-order chi connectivity index (χ0) is 12.5. The van der Waals surface area contributed by atoms with E-state index in [9.17, 15) is 15.0 Å². The molecule has 0 saturated heterocycles. The third kappa shape index (κ3) is 1.47. The maximum Gasteiger partial charge on any atom is 0.312 e. The van der Waals surface area contributed by atoms with Crippen LogP contribution in [-0.4, -0.2) is 34.5 Å². The molecule has 2 atom stereocenters. The second-order valence-corrected chi connectivity index (χ2v) is 7.09. The Balaban J connectivity index is 2.07. The summed E-state index contributed by atoms with van der Waals surface area (Å²) in [6, 6.07) is 0. The van der Waals surface area contributed by atoms with Crippen LogP contribution in [-0.2, 0) is 9.53 Å². The summed E-state index contributed by atoms with van der Waals surface area (Å²) in [5.41, 5.74) is -2.56. The Morgan fingerprint density at radius 3 is 1.94 bits per heavy atom. The van der Waals surface area contributed by atoms with Crippen LogP contribution in [0.25, 0.3) is 0 Å². The van der Waals surface area contributed by atoms with Crippen molar-refractivity contribution >= 4 is 5.97 Å². The van der Waals surface area contributed by atoms with Crippen molar-refractivity contribution in [2.24, 2.45) is 10.8 Å². The van der Waals surface area contributed by atoms with E-state index >= 15 is 0 Å². The van der Waals surface area contributed by atoms with Crippen molar-refractivity contribution in [2.75, 3.05) is 7.11 Å². The van der Waals surface area contributed by atoms with Gasteiger partial charge < -0.3 is 14.9 Å². The molecule has 96 valence electrons. The van der Waals surface area contributed by atoms with Gasteiger partial charge >= 0.3 is 5.97 Å². The molecule has 0 aromatic carbocycles. The van der Waals surface area contributed by atoms with Crippen LogP contribution in [0.4, 0.5) is 0 Å². The summed E-state index contributed by atoms with van der Waals surface area (Å²) in [5.74, 6) is -0.264. The van der Waals surface area contributed by atoms with E-state index in [0.29, 0.717) is 32.1 Å². The van der Waals surface area contributed by atoms with Crippen LogP contribution in [0.2, 0.25) is 0 Å². The zero-order valence-electron chi connectivity index (χ0n) is 10.5. The summed E-state index contributed by atoms with van der Waals surface area (Å²) in [6.07, 6.45) is 3.43. The van der Waals surface area contributed by atoms with Gasteiger partial charge in [0.05, 0.1) is 23.7 Å². The van der Waals surface area contributed by atoms with Gasteiger partial charge in [0.15, 0.2) is 0 Å². The molecule has 0 amide bonds. The van der Waals surface area contributed by atoms with Crippen molar-refractivity contribution in [1.82, 2.24) is 0 Å². The zero-order valence-corrected chi connectivity index (χ0v) is 10.5. The third-order valence-electron chi connectivity index (χ3n) is 4.89. The second-order valence-electron chi connectivity index (χ2n) is 7.09. The molecule has 4 rings (SSSR count). The van der Waals surface area contributed by atoms with E-state index in [1.54, 1.807) is 0 Å². The van der Waals surface area contributed by atoms with Crippen LogP contribution in [0.3, 0.4) is 0 Å². The quantitative estimate of drug-likeness (QED) is 0.671. The standard InChI is InChI=1S/C13H20O4/c1-10-3-11(9(14)17-2)6-12(15,4-10)8-13(16,5-10)7-11/h15-16H,3-8H2,1-2H3. The Labute approximate surface area is 101 Å². The van der Waals surface area contributed by atoms with E-state index in [2.05, 4.69) is 6.92 Å². The minimum absolute atomic E-state index is 0.133. The van der Waals surface area contributed by atoms with E-state index < -0.39 is 16.6 Å². The predicted molar refractivity (Wildman–Crippen MR) is 60.2 cm³/mol. The summed E-state index contributed by atoms with van der Waals surface area (Å²) in [5, 5.41) is 21.1. The normalized spacial score (nSPS) is 56.0.